The number of alkyl halides is 3. The van der Waals surface area contributed by atoms with Crippen LogP contribution < -0.4 is 10.9 Å². The van der Waals surface area contributed by atoms with E-state index in [4.69, 9.17) is 20.8 Å². The molecule has 1 aromatic heterocycles. The maximum atomic E-state index is 13.6. The number of halogens is 5. The average molecular weight is 616 g/mol. The Hall–Kier alpha value is -4.44. The predicted octanol–water partition coefficient (Wildman–Crippen LogP) is 8.12. The topological polar surface area (TPSA) is 85.6 Å². The highest BCUT2D eigenvalue weighted by Gasteiger charge is 2.34. The van der Waals surface area contributed by atoms with Crippen LogP contribution in [0.5, 0.6) is 0 Å². The molecule has 0 atom stereocenters. The van der Waals surface area contributed by atoms with Gasteiger partial charge in [0.05, 0.1) is 29.8 Å². The summed E-state index contributed by atoms with van der Waals surface area (Å²) >= 11 is 6.26. The molecule has 0 bridgehead atoms. The number of anilines is 1. The van der Waals surface area contributed by atoms with Gasteiger partial charge in [0.1, 0.15) is 11.4 Å². The fourth-order valence-electron chi connectivity index (χ4n) is 4.40. The van der Waals surface area contributed by atoms with Crippen LogP contribution in [0.2, 0.25) is 5.02 Å². The number of ether oxygens (including phenoxy) is 1. The number of hydrogen-bond donors (Lipinski definition) is 1. The smallest absolute Gasteiger partial charge is 0.418 e. The van der Waals surface area contributed by atoms with Crippen LogP contribution >= 0.6 is 11.6 Å². The lowest BCUT2D eigenvalue weighted by atomic mass is 9.93. The minimum absolute atomic E-state index is 0.123. The van der Waals surface area contributed by atoms with E-state index in [1.54, 1.807) is 37.3 Å². The van der Waals surface area contributed by atoms with Crippen LogP contribution in [0.25, 0.3) is 28.2 Å². The van der Waals surface area contributed by atoms with E-state index in [-0.39, 0.29) is 17.2 Å². The number of carbonyl (C=O) groups excluding carboxylic acids is 2. The van der Waals surface area contributed by atoms with Gasteiger partial charge in [-0.25, -0.2) is 14.0 Å². The predicted molar refractivity (Wildman–Crippen MR) is 156 cm³/mol. The molecule has 1 N–H and O–H groups in total. The van der Waals surface area contributed by atoms with Crippen molar-refractivity contribution < 1.29 is 36.3 Å². The molecule has 1 heterocycles. The first-order valence-electron chi connectivity index (χ1n) is 13.2. The van der Waals surface area contributed by atoms with Crippen molar-refractivity contribution in [3.63, 3.8) is 0 Å². The highest BCUT2D eigenvalue weighted by molar-refractivity contribution is 6.32. The normalized spacial score (nSPS) is 11.7. The third-order valence-electron chi connectivity index (χ3n) is 6.51. The number of benzene rings is 3. The first kappa shape index (κ1) is 31.5. The van der Waals surface area contributed by atoms with Gasteiger partial charge in [-0.2, -0.15) is 13.2 Å². The summed E-state index contributed by atoms with van der Waals surface area (Å²) < 4.78 is 64.7. The number of hydrogen-bond acceptors (Lipinski definition) is 5. The van der Waals surface area contributed by atoms with Crippen molar-refractivity contribution in [1.82, 2.24) is 0 Å². The Kier molecular flexibility index (Phi) is 9.70. The molecular formula is C32H26ClF4NO5. The molecule has 0 saturated heterocycles. The Bertz CT molecular complexity index is 1780. The van der Waals surface area contributed by atoms with E-state index in [1.165, 1.54) is 18.2 Å². The van der Waals surface area contributed by atoms with Gasteiger partial charge in [-0.15, -0.1) is 0 Å². The minimum atomic E-state index is -4.94. The molecule has 43 heavy (non-hydrogen) atoms. The van der Waals surface area contributed by atoms with E-state index in [9.17, 15) is 31.9 Å². The number of nitrogens with one attached hydrogen (secondary N) is 1. The Labute approximate surface area is 248 Å². The van der Waals surface area contributed by atoms with E-state index in [2.05, 4.69) is 5.32 Å². The van der Waals surface area contributed by atoms with E-state index in [0.717, 1.165) is 25.0 Å². The Morgan fingerprint density at radius 1 is 1.09 bits per heavy atom. The number of carbonyl (C=O) groups is 2. The van der Waals surface area contributed by atoms with Crippen LogP contribution in [0.4, 0.5) is 23.2 Å². The molecule has 11 heteroatoms. The molecule has 224 valence electrons. The SMILES string of the molecule is CCCCOC(=O)/C=C/c1cccc(-c2c(CC(=O)Nc3ccc(F)cc3C(F)(F)F)c(=O)oc3cc(Cl)c(C)cc23)c1. The largest absolute Gasteiger partial charge is 0.463 e. The summed E-state index contributed by atoms with van der Waals surface area (Å²) in [7, 11) is 0. The summed E-state index contributed by atoms with van der Waals surface area (Å²) in [5.74, 6) is -2.60. The molecule has 4 rings (SSSR count). The van der Waals surface area contributed by atoms with Crippen LogP contribution in [-0.4, -0.2) is 18.5 Å². The second-order valence-electron chi connectivity index (χ2n) is 9.73. The fraction of sp³-hybridized carbons (Fsp3) is 0.219. The maximum absolute atomic E-state index is 13.6. The molecule has 0 aliphatic rings. The highest BCUT2D eigenvalue weighted by atomic mass is 35.5. The van der Waals surface area contributed by atoms with Crippen molar-refractivity contribution in [2.75, 3.05) is 11.9 Å². The van der Waals surface area contributed by atoms with Gasteiger partial charge in [-0.05, 0) is 66.4 Å². The number of fused-ring (bicyclic) bond motifs is 1. The van der Waals surface area contributed by atoms with Crippen LogP contribution in [0, 0.1) is 12.7 Å². The fourth-order valence-corrected chi connectivity index (χ4v) is 4.56. The second-order valence-corrected chi connectivity index (χ2v) is 10.1. The summed E-state index contributed by atoms with van der Waals surface area (Å²) in [5, 5.41) is 2.91. The van der Waals surface area contributed by atoms with Crippen molar-refractivity contribution >= 4 is 46.2 Å². The second kappa shape index (κ2) is 13.2. The van der Waals surface area contributed by atoms with E-state index < -0.39 is 47.2 Å². The Balaban J connectivity index is 1.77. The van der Waals surface area contributed by atoms with Crippen molar-refractivity contribution in [3.8, 4) is 11.1 Å². The van der Waals surface area contributed by atoms with Crippen molar-refractivity contribution in [2.24, 2.45) is 0 Å². The summed E-state index contributed by atoms with van der Waals surface area (Å²) in [5.41, 5.74) is -0.913. The van der Waals surface area contributed by atoms with Gasteiger partial charge in [0.15, 0.2) is 0 Å². The van der Waals surface area contributed by atoms with Crippen LogP contribution in [-0.2, 0) is 26.9 Å². The van der Waals surface area contributed by atoms with E-state index in [0.29, 0.717) is 39.3 Å². The zero-order valence-corrected chi connectivity index (χ0v) is 23.9. The molecule has 0 fully saturated rings. The van der Waals surface area contributed by atoms with E-state index >= 15 is 0 Å². The molecule has 0 aliphatic carbocycles. The number of esters is 1. The number of rotatable bonds is 9. The van der Waals surface area contributed by atoms with Gasteiger partial charge in [-0.3, -0.25) is 4.79 Å². The quantitative estimate of drug-likeness (QED) is 0.0676. The van der Waals surface area contributed by atoms with Gasteiger partial charge >= 0.3 is 17.8 Å². The van der Waals surface area contributed by atoms with Gasteiger partial charge < -0.3 is 14.5 Å². The lowest BCUT2D eigenvalue weighted by Crippen LogP contribution is -2.22. The standard InChI is InChI=1S/C32H26ClF4NO5/c1-3-4-12-42-29(40)11-8-19-6-5-7-20(14-19)30-22-13-18(2)25(33)17-27(22)43-31(41)23(30)16-28(39)38-26-10-9-21(34)15-24(26)32(35,36)37/h5-11,13-15,17H,3-4,12,16H2,1-2H3,(H,38,39)/b11-8+. The summed E-state index contributed by atoms with van der Waals surface area (Å²) in [4.78, 5) is 38.3. The van der Waals surface area contributed by atoms with Gasteiger partial charge in [0.25, 0.3) is 0 Å². The highest BCUT2D eigenvalue weighted by Crippen LogP contribution is 2.37. The van der Waals surface area contributed by atoms with Crippen LogP contribution in [0.15, 0.2) is 69.9 Å². The summed E-state index contributed by atoms with van der Waals surface area (Å²) in [6.45, 7) is 4.00. The maximum Gasteiger partial charge on any atom is 0.418 e. The van der Waals surface area contributed by atoms with Gasteiger partial charge in [-0.1, -0.05) is 43.1 Å². The first-order valence-corrected chi connectivity index (χ1v) is 13.6. The molecule has 0 saturated carbocycles. The zero-order valence-electron chi connectivity index (χ0n) is 23.1. The molecule has 6 nitrogen and oxygen atoms in total. The Morgan fingerprint density at radius 3 is 2.58 bits per heavy atom. The molecule has 0 spiro atoms. The molecule has 0 aliphatic heterocycles. The molecule has 3 aromatic carbocycles. The van der Waals surface area contributed by atoms with Crippen LogP contribution in [0.1, 0.15) is 42.0 Å². The van der Waals surface area contributed by atoms with Gasteiger partial charge in [0.2, 0.25) is 5.91 Å². The first-order chi connectivity index (χ1) is 20.4. The van der Waals surface area contributed by atoms with Crippen LogP contribution in [0.3, 0.4) is 0 Å². The Morgan fingerprint density at radius 2 is 1.86 bits per heavy atom. The molecule has 0 unspecified atom stereocenters. The third kappa shape index (κ3) is 7.70. The monoisotopic (exact) mass is 615 g/mol. The average Bonchev–Trinajstić information content (AvgIpc) is 2.94. The van der Waals surface area contributed by atoms with Crippen molar-refractivity contribution in [2.45, 2.75) is 39.3 Å². The molecule has 1 amide bonds. The number of unbranched alkanes of at least 4 members (excludes halogenated alkanes) is 1. The summed E-state index contributed by atoms with van der Waals surface area (Å²) in [6.07, 6.45) is -1.19. The molecule has 4 aromatic rings. The molecule has 0 radical (unpaired) electrons. The molecular weight excluding hydrogens is 590 g/mol. The minimum Gasteiger partial charge on any atom is -0.463 e. The van der Waals surface area contributed by atoms with Crippen molar-refractivity contribution in [1.29, 1.82) is 0 Å². The zero-order chi connectivity index (χ0) is 31.3. The lowest BCUT2D eigenvalue weighted by Gasteiger charge is -2.16. The number of aryl methyl sites for hydroxylation is 1. The number of amides is 1. The third-order valence-corrected chi connectivity index (χ3v) is 6.92. The van der Waals surface area contributed by atoms with Crippen molar-refractivity contribution in [3.05, 3.63) is 104 Å². The lowest BCUT2D eigenvalue weighted by molar-refractivity contribution is -0.138. The summed E-state index contributed by atoms with van der Waals surface area (Å²) in [6, 6.07) is 11.7. The van der Waals surface area contributed by atoms with Gasteiger partial charge in [0, 0.05) is 28.1 Å². The van der Waals surface area contributed by atoms with E-state index in [1.807, 2.05) is 6.92 Å².